The fourth-order valence-corrected chi connectivity index (χ4v) is 1.46. The number of carbonyl (C=O) groups is 1. The Bertz CT molecular complexity index is 414. The van der Waals surface area contributed by atoms with Crippen molar-refractivity contribution in [2.24, 2.45) is 5.16 Å². The van der Waals surface area contributed by atoms with Crippen LogP contribution in [0.25, 0.3) is 0 Å². The number of nitrogens with zero attached hydrogens (tertiary/aromatic N) is 1. The third-order valence-corrected chi connectivity index (χ3v) is 2.17. The molecule has 0 amide bonds. The van der Waals surface area contributed by atoms with Gasteiger partial charge in [0.25, 0.3) is 5.78 Å². The summed E-state index contributed by atoms with van der Waals surface area (Å²) in [6.45, 7) is 0. The molecule has 0 unspecified atom stereocenters. The molecule has 0 saturated carbocycles. The van der Waals surface area contributed by atoms with Gasteiger partial charge in [0.1, 0.15) is 5.75 Å². The molecule has 1 N–H and O–H groups in total. The molecule has 1 aromatic rings. The molecule has 2 rings (SSSR count). The summed E-state index contributed by atoms with van der Waals surface area (Å²) in [5.74, 6) is -0.270. The lowest BCUT2D eigenvalue weighted by Gasteiger charge is -1.94. The van der Waals surface area contributed by atoms with Crippen molar-refractivity contribution in [1.29, 1.82) is 0 Å². The van der Waals surface area contributed by atoms with Gasteiger partial charge in [0.2, 0.25) is 0 Å². The van der Waals surface area contributed by atoms with Gasteiger partial charge in [-0.3, -0.25) is 4.79 Å². The predicted octanol–water partition coefficient (Wildman–Crippen LogP) is 1.81. The van der Waals surface area contributed by atoms with E-state index < -0.39 is 5.78 Å². The molecule has 1 aromatic carbocycles. The van der Waals surface area contributed by atoms with Crippen molar-refractivity contribution in [3.8, 4) is 5.75 Å². The standard InChI is InChI=1S/C8H4BrNO3/c9-4-1-2-6-5(3-4)7(11)8(10-12)13-6/h1-3,12H. The molecule has 1 aliphatic rings. The zero-order chi connectivity index (χ0) is 9.42. The quantitative estimate of drug-likeness (QED) is 0.557. The number of oxime groups is 1. The Labute approximate surface area is 81.9 Å². The molecular formula is C8H4BrNO3. The van der Waals surface area contributed by atoms with Crippen LogP contribution in [0, 0.1) is 0 Å². The van der Waals surface area contributed by atoms with E-state index in [1.807, 2.05) is 0 Å². The largest absolute Gasteiger partial charge is 0.433 e. The minimum atomic E-state index is -0.404. The van der Waals surface area contributed by atoms with Crippen LogP contribution >= 0.6 is 15.9 Å². The van der Waals surface area contributed by atoms with E-state index in [0.717, 1.165) is 4.47 Å². The first kappa shape index (κ1) is 8.25. The number of rotatable bonds is 0. The van der Waals surface area contributed by atoms with Gasteiger partial charge in [-0.2, -0.15) is 0 Å². The van der Waals surface area contributed by atoms with E-state index in [0.29, 0.717) is 11.3 Å². The average Bonchev–Trinajstić information content (AvgIpc) is 2.44. The maximum absolute atomic E-state index is 11.3. The van der Waals surface area contributed by atoms with Crippen molar-refractivity contribution in [1.82, 2.24) is 0 Å². The van der Waals surface area contributed by atoms with E-state index in [1.165, 1.54) is 0 Å². The third-order valence-electron chi connectivity index (χ3n) is 1.68. The smallest absolute Gasteiger partial charge is 0.304 e. The number of Topliss-reactive ketones (excluding diaryl/α,β-unsaturated/α-hetero) is 1. The molecular weight excluding hydrogens is 238 g/mol. The van der Waals surface area contributed by atoms with Gasteiger partial charge in [-0.1, -0.05) is 15.9 Å². The number of halogens is 1. The number of benzene rings is 1. The monoisotopic (exact) mass is 241 g/mol. The number of carbonyl (C=O) groups excluding carboxylic acids is 1. The Morgan fingerprint density at radius 1 is 1.46 bits per heavy atom. The highest BCUT2D eigenvalue weighted by atomic mass is 79.9. The van der Waals surface area contributed by atoms with Crippen LogP contribution in [0.15, 0.2) is 27.8 Å². The summed E-state index contributed by atoms with van der Waals surface area (Å²) in [6.07, 6.45) is 0. The van der Waals surface area contributed by atoms with Crippen LogP contribution in [0.3, 0.4) is 0 Å². The van der Waals surface area contributed by atoms with Crippen molar-refractivity contribution in [3.63, 3.8) is 0 Å². The minimum Gasteiger partial charge on any atom is -0.433 e. The van der Waals surface area contributed by atoms with E-state index in [1.54, 1.807) is 18.2 Å². The normalized spacial score (nSPS) is 17.3. The second-order valence-corrected chi connectivity index (χ2v) is 3.39. The fourth-order valence-electron chi connectivity index (χ4n) is 1.10. The van der Waals surface area contributed by atoms with Crippen LogP contribution < -0.4 is 4.74 Å². The lowest BCUT2D eigenvalue weighted by molar-refractivity contribution is 0.105. The second kappa shape index (κ2) is 2.85. The number of fused-ring (bicyclic) bond motifs is 1. The molecule has 0 saturated heterocycles. The predicted molar refractivity (Wildman–Crippen MR) is 48.3 cm³/mol. The van der Waals surface area contributed by atoms with Crippen molar-refractivity contribution >= 4 is 27.6 Å². The molecule has 0 bridgehead atoms. The van der Waals surface area contributed by atoms with E-state index in [9.17, 15) is 4.79 Å². The highest BCUT2D eigenvalue weighted by Crippen LogP contribution is 2.28. The lowest BCUT2D eigenvalue weighted by atomic mass is 10.1. The molecule has 0 spiro atoms. The second-order valence-electron chi connectivity index (χ2n) is 2.48. The summed E-state index contributed by atoms with van der Waals surface area (Å²) < 4.78 is 5.73. The molecule has 66 valence electrons. The molecule has 0 fully saturated rings. The van der Waals surface area contributed by atoms with Gasteiger partial charge in [-0.05, 0) is 23.4 Å². The van der Waals surface area contributed by atoms with Crippen molar-refractivity contribution in [3.05, 3.63) is 28.2 Å². The van der Waals surface area contributed by atoms with Crippen LogP contribution in [0.1, 0.15) is 10.4 Å². The summed E-state index contributed by atoms with van der Waals surface area (Å²) in [5.41, 5.74) is 0.405. The van der Waals surface area contributed by atoms with E-state index in [4.69, 9.17) is 9.94 Å². The Morgan fingerprint density at radius 3 is 2.92 bits per heavy atom. The molecule has 5 heteroatoms. The lowest BCUT2D eigenvalue weighted by Crippen LogP contribution is -2.11. The number of hydrogen-bond acceptors (Lipinski definition) is 4. The first-order valence-corrected chi connectivity index (χ1v) is 4.26. The Kier molecular flexibility index (Phi) is 1.81. The summed E-state index contributed by atoms with van der Waals surface area (Å²) in [5, 5.41) is 11.2. The molecule has 1 aliphatic heterocycles. The topological polar surface area (TPSA) is 58.9 Å². The first-order valence-electron chi connectivity index (χ1n) is 3.46. The number of ketones is 1. The van der Waals surface area contributed by atoms with Crippen LogP contribution in [-0.2, 0) is 0 Å². The summed E-state index contributed by atoms with van der Waals surface area (Å²) >= 11 is 3.22. The number of ether oxygens (including phenoxy) is 1. The van der Waals surface area contributed by atoms with Crippen LogP contribution in [0.4, 0.5) is 0 Å². The first-order chi connectivity index (χ1) is 6.22. The van der Waals surface area contributed by atoms with E-state index >= 15 is 0 Å². The van der Waals surface area contributed by atoms with Crippen LogP contribution in [-0.4, -0.2) is 16.9 Å². The van der Waals surface area contributed by atoms with Crippen LogP contribution in [0.2, 0.25) is 0 Å². The van der Waals surface area contributed by atoms with Gasteiger partial charge in [-0.15, -0.1) is 0 Å². The van der Waals surface area contributed by atoms with Crippen molar-refractivity contribution in [2.45, 2.75) is 0 Å². The minimum absolute atomic E-state index is 0.284. The van der Waals surface area contributed by atoms with Gasteiger partial charge in [0, 0.05) is 4.47 Å². The van der Waals surface area contributed by atoms with Gasteiger partial charge in [-0.25, -0.2) is 0 Å². The van der Waals surface area contributed by atoms with Crippen LogP contribution in [0.5, 0.6) is 5.75 Å². The maximum atomic E-state index is 11.3. The molecule has 0 aromatic heterocycles. The molecule has 1 heterocycles. The van der Waals surface area contributed by atoms with Crippen molar-refractivity contribution in [2.75, 3.05) is 0 Å². The third kappa shape index (κ3) is 1.21. The average molecular weight is 242 g/mol. The Balaban J connectivity index is 2.57. The van der Waals surface area contributed by atoms with Gasteiger partial charge < -0.3 is 9.94 Å². The summed E-state index contributed by atoms with van der Waals surface area (Å²) in [4.78, 5) is 11.3. The molecule has 0 atom stereocenters. The maximum Gasteiger partial charge on any atom is 0.304 e. The molecule has 0 radical (unpaired) electrons. The summed E-state index contributed by atoms with van der Waals surface area (Å²) in [7, 11) is 0. The zero-order valence-corrected chi connectivity index (χ0v) is 7.91. The zero-order valence-electron chi connectivity index (χ0n) is 6.32. The van der Waals surface area contributed by atoms with Gasteiger partial charge in [0.15, 0.2) is 0 Å². The van der Waals surface area contributed by atoms with Gasteiger partial charge >= 0.3 is 5.90 Å². The molecule has 4 nitrogen and oxygen atoms in total. The van der Waals surface area contributed by atoms with Gasteiger partial charge in [0.05, 0.1) is 5.56 Å². The fraction of sp³-hybridized carbons (Fsp3) is 0. The van der Waals surface area contributed by atoms with E-state index in [-0.39, 0.29) is 5.90 Å². The molecule has 0 aliphatic carbocycles. The summed E-state index contributed by atoms with van der Waals surface area (Å²) in [6, 6.07) is 5.00. The molecule has 13 heavy (non-hydrogen) atoms. The van der Waals surface area contributed by atoms with E-state index in [2.05, 4.69) is 21.1 Å². The Morgan fingerprint density at radius 2 is 2.23 bits per heavy atom. The highest BCUT2D eigenvalue weighted by Gasteiger charge is 2.29. The highest BCUT2D eigenvalue weighted by molar-refractivity contribution is 9.10. The van der Waals surface area contributed by atoms with Crippen molar-refractivity contribution < 1.29 is 14.7 Å². The Hall–Kier alpha value is -1.36. The SMILES string of the molecule is O=C1C(=NO)Oc2ccc(Br)cc21. The number of hydrogen-bond donors (Lipinski definition) is 1.